The van der Waals surface area contributed by atoms with Crippen LogP contribution in [0.1, 0.15) is 0 Å². The van der Waals surface area contributed by atoms with Gasteiger partial charge >= 0.3 is 12.9 Å². The second-order valence-electron chi connectivity index (χ2n) is 3.05. The van der Waals surface area contributed by atoms with E-state index >= 15 is 0 Å². The number of nitrogens with two attached hydrogens (primary N) is 1. The molecule has 14 heteroatoms. The van der Waals surface area contributed by atoms with Crippen molar-refractivity contribution >= 4 is 28.7 Å². The Hall–Kier alpha value is -2.27. The van der Waals surface area contributed by atoms with Gasteiger partial charge in [-0.3, -0.25) is 10.1 Å². The van der Waals surface area contributed by atoms with Crippen LogP contribution in [0.2, 0.25) is 0 Å². The molecule has 0 unspecified atom stereocenters. The lowest BCUT2D eigenvalue weighted by atomic mass is 10.3. The summed E-state index contributed by atoms with van der Waals surface area (Å²) in [5.74, 6) is 0. The first-order valence-electron chi connectivity index (χ1n) is 4.40. The summed E-state index contributed by atoms with van der Waals surface area (Å²) in [6, 6.07) is 2.80. The predicted molar refractivity (Wildman–Crippen MR) is 59.4 cm³/mol. The SMILES string of the molecule is F[B-](F)(F)F.N#[N+]c1ccc(S(N)(=O)=O)c([N+](=O)[O-])c1. The van der Waals surface area contributed by atoms with Crippen LogP contribution in [0, 0.1) is 15.5 Å². The van der Waals surface area contributed by atoms with E-state index in [-0.39, 0.29) is 5.69 Å². The highest BCUT2D eigenvalue weighted by molar-refractivity contribution is 7.89. The average molecular weight is 316 g/mol. The Morgan fingerprint density at radius 2 is 1.75 bits per heavy atom. The maximum Gasteiger partial charge on any atom is 0.673 e. The van der Waals surface area contributed by atoms with Crippen molar-refractivity contribution < 1.29 is 30.6 Å². The minimum Gasteiger partial charge on any atom is -0.418 e. The molecule has 8 nitrogen and oxygen atoms in total. The van der Waals surface area contributed by atoms with Gasteiger partial charge in [-0.1, -0.05) is 0 Å². The zero-order valence-electron chi connectivity index (χ0n) is 9.28. The van der Waals surface area contributed by atoms with Crippen LogP contribution in [0.5, 0.6) is 0 Å². The lowest BCUT2D eigenvalue weighted by Crippen LogP contribution is -2.13. The molecule has 20 heavy (non-hydrogen) atoms. The van der Waals surface area contributed by atoms with Gasteiger partial charge in [0.25, 0.3) is 5.69 Å². The normalized spacial score (nSPS) is 11.0. The van der Waals surface area contributed by atoms with Crippen molar-refractivity contribution in [1.29, 1.82) is 5.39 Å². The molecule has 0 aliphatic carbocycles. The summed E-state index contributed by atoms with van der Waals surface area (Å²) in [7, 11) is -10.2. The number of rotatable bonds is 2. The van der Waals surface area contributed by atoms with Crippen molar-refractivity contribution in [2.75, 3.05) is 0 Å². The van der Waals surface area contributed by atoms with E-state index < -0.39 is 32.8 Å². The number of diazo groups is 1. The molecule has 0 atom stereocenters. The van der Waals surface area contributed by atoms with Gasteiger partial charge in [-0.15, -0.1) is 0 Å². The molecule has 110 valence electrons. The molecule has 0 radical (unpaired) electrons. The minimum atomic E-state index is -6.00. The van der Waals surface area contributed by atoms with Crippen molar-refractivity contribution in [2.24, 2.45) is 5.14 Å². The first kappa shape index (κ1) is 17.7. The maximum atomic E-state index is 10.9. The Kier molecular flexibility index (Phi) is 5.55. The van der Waals surface area contributed by atoms with E-state index in [4.69, 9.17) is 10.5 Å². The maximum absolute atomic E-state index is 10.9. The monoisotopic (exact) mass is 316 g/mol. The van der Waals surface area contributed by atoms with Crippen molar-refractivity contribution in [3.8, 4) is 0 Å². The first-order chi connectivity index (χ1) is 8.86. The fourth-order valence-electron chi connectivity index (χ4n) is 0.951. The minimum absolute atomic E-state index is 0.130. The highest BCUT2D eigenvalue weighted by Gasteiger charge is 2.26. The summed E-state index contributed by atoms with van der Waals surface area (Å²) >= 11 is 0. The summed E-state index contributed by atoms with van der Waals surface area (Å²) in [6.07, 6.45) is 0. The Morgan fingerprint density at radius 1 is 1.30 bits per heavy atom. The Labute approximate surface area is 109 Å². The Morgan fingerprint density at radius 3 is 2.05 bits per heavy atom. The van der Waals surface area contributed by atoms with Gasteiger partial charge in [-0.05, 0) is 6.07 Å². The van der Waals surface area contributed by atoms with Crippen LogP contribution in [0.15, 0.2) is 23.1 Å². The van der Waals surface area contributed by atoms with E-state index in [1.54, 1.807) is 0 Å². The Bertz CT molecular complexity index is 650. The molecule has 0 amide bonds. The molecule has 1 rings (SSSR count). The van der Waals surface area contributed by atoms with Crippen LogP contribution in [0.3, 0.4) is 0 Å². The van der Waals surface area contributed by atoms with E-state index in [1.807, 2.05) is 0 Å². The molecule has 1 aromatic carbocycles. The number of nitro benzene ring substituents is 1. The molecule has 2 N–H and O–H groups in total. The molecule has 0 saturated heterocycles. The van der Waals surface area contributed by atoms with E-state index in [1.165, 1.54) is 0 Å². The van der Waals surface area contributed by atoms with E-state index in [0.717, 1.165) is 18.2 Å². The molecule has 0 fully saturated rings. The van der Waals surface area contributed by atoms with Gasteiger partial charge in [0.05, 0.1) is 4.92 Å². The Balaban J connectivity index is 0.000000621. The molecule has 0 aliphatic heterocycles. The van der Waals surface area contributed by atoms with Gasteiger partial charge in [0, 0.05) is 6.07 Å². The number of sulfonamides is 1. The second-order valence-corrected chi connectivity index (χ2v) is 4.58. The number of halogens is 4. The summed E-state index contributed by atoms with van der Waals surface area (Å²) in [5.41, 5.74) is -0.859. The van der Waals surface area contributed by atoms with Crippen molar-refractivity contribution in [1.82, 2.24) is 0 Å². The molecule has 1 aromatic rings. The predicted octanol–water partition coefficient (Wildman–Crippen LogP) is 2.03. The van der Waals surface area contributed by atoms with Crippen LogP contribution in [0.25, 0.3) is 4.98 Å². The van der Waals surface area contributed by atoms with Gasteiger partial charge in [-0.2, -0.15) is 0 Å². The molecule has 0 saturated carbocycles. The smallest absolute Gasteiger partial charge is 0.418 e. The summed E-state index contributed by atoms with van der Waals surface area (Å²) < 4.78 is 60.9. The highest BCUT2D eigenvalue weighted by atomic mass is 32.2. The molecule has 0 spiro atoms. The van der Waals surface area contributed by atoms with Gasteiger partial charge < -0.3 is 17.3 Å². The van der Waals surface area contributed by atoms with Gasteiger partial charge in [0.15, 0.2) is 9.87 Å². The average Bonchev–Trinajstić information content (AvgIpc) is 2.24. The first-order valence-corrected chi connectivity index (χ1v) is 5.94. The number of nitrogens with zero attached hydrogens (tertiary/aromatic N) is 3. The van der Waals surface area contributed by atoms with E-state index in [9.17, 15) is 35.8 Å². The lowest BCUT2D eigenvalue weighted by molar-refractivity contribution is -0.387. The van der Waals surface area contributed by atoms with Crippen LogP contribution < -0.4 is 5.14 Å². The molecular weight excluding hydrogens is 311 g/mol. The van der Waals surface area contributed by atoms with Gasteiger partial charge in [0.2, 0.25) is 15.4 Å². The van der Waals surface area contributed by atoms with Crippen LogP contribution >= 0.6 is 0 Å². The van der Waals surface area contributed by atoms with Gasteiger partial charge in [-0.25, -0.2) is 13.6 Å². The zero-order valence-corrected chi connectivity index (χ0v) is 10.1. The molecule has 0 aromatic heterocycles. The van der Waals surface area contributed by atoms with Crippen molar-refractivity contribution in [3.63, 3.8) is 0 Å². The third kappa shape index (κ3) is 6.61. The summed E-state index contributed by atoms with van der Waals surface area (Å²) in [6.45, 7) is 0. The number of hydrogen-bond donors (Lipinski definition) is 1. The molecular formula is C6H5BF4N4O4S. The van der Waals surface area contributed by atoms with E-state index in [0.29, 0.717) is 0 Å². The van der Waals surface area contributed by atoms with Crippen molar-refractivity contribution in [3.05, 3.63) is 33.3 Å². The largest absolute Gasteiger partial charge is 0.673 e. The van der Waals surface area contributed by atoms with Crippen LogP contribution in [0.4, 0.5) is 28.6 Å². The second kappa shape index (κ2) is 6.26. The number of benzene rings is 1. The fraction of sp³-hybridized carbons (Fsp3) is 0. The van der Waals surface area contributed by atoms with Crippen molar-refractivity contribution in [2.45, 2.75) is 4.90 Å². The lowest BCUT2D eigenvalue weighted by Gasteiger charge is -1.97. The molecule has 0 heterocycles. The van der Waals surface area contributed by atoms with Crippen LogP contribution in [-0.4, -0.2) is 20.6 Å². The zero-order chi connectivity index (χ0) is 16.1. The standard InChI is InChI=1S/C6H5N4O4S.BF4/c7-9-4-1-2-6(15(8,13)14)5(3-4)10(11)12;2-1(3,4)5/h1-3H,(H2,8,13,14);/q+1;-1. The quantitative estimate of drug-likeness (QED) is 0.293. The third-order valence-electron chi connectivity index (χ3n) is 1.56. The summed E-state index contributed by atoms with van der Waals surface area (Å²) in [4.78, 5) is 11.6. The number of nitro groups is 1. The summed E-state index contributed by atoms with van der Waals surface area (Å²) in [5, 5.41) is 23.6. The van der Waals surface area contributed by atoms with Crippen LogP contribution in [-0.2, 0) is 10.0 Å². The van der Waals surface area contributed by atoms with E-state index in [2.05, 4.69) is 4.98 Å². The third-order valence-corrected chi connectivity index (χ3v) is 2.52. The number of primary sulfonamides is 1. The highest BCUT2D eigenvalue weighted by Crippen LogP contribution is 2.27. The molecule has 0 bridgehead atoms. The topological polar surface area (TPSA) is 131 Å². The van der Waals surface area contributed by atoms with Gasteiger partial charge in [0.1, 0.15) is 6.07 Å². The number of hydrogen-bond acceptors (Lipinski definition) is 5. The fourth-order valence-corrected chi connectivity index (χ4v) is 1.63. The molecule has 0 aliphatic rings.